The van der Waals surface area contributed by atoms with E-state index in [0.29, 0.717) is 19.4 Å². The zero-order chi connectivity index (χ0) is 31.4. The van der Waals surface area contributed by atoms with Crippen LogP contribution in [0.15, 0.2) is 78.9 Å². The number of rotatable bonds is 10. The van der Waals surface area contributed by atoms with Gasteiger partial charge >= 0.3 is 5.97 Å². The quantitative estimate of drug-likeness (QED) is 0.276. The summed E-state index contributed by atoms with van der Waals surface area (Å²) >= 11 is 0. The van der Waals surface area contributed by atoms with E-state index in [1.807, 2.05) is 42.5 Å². The lowest BCUT2D eigenvalue weighted by Crippen LogP contribution is -2.79. The highest BCUT2D eigenvalue weighted by atomic mass is 32.2. The van der Waals surface area contributed by atoms with Crippen LogP contribution in [0.5, 0.6) is 5.75 Å². The Morgan fingerprint density at radius 2 is 1.71 bits per heavy atom. The Morgan fingerprint density at radius 3 is 2.40 bits per heavy atom. The van der Waals surface area contributed by atoms with Crippen LogP contribution in [-0.2, 0) is 43.6 Å². The zero-order valence-electron chi connectivity index (χ0n) is 26.5. The molecular formula is C37H44N2O5S. The molecule has 3 aromatic rings. The number of hydrogen-bond acceptors (Lipinski definition) is 6. The summed E-state index contributed by atoms with van der Waals surface area (Å²) in [5.74, 6) is 0.610. The lowest BCUT2D eigenvalue weighted by Gasteiger charge is -2.65. The summed E-state index contributed by atoms with van der Waals surface area (Å²) in [4.78, 5) is 15.6. The van der Waals surface area contributed by atoms with Crippen molar-refractivity contribution in [2.24, 2.45) is 5.92 Å². The normalized spacial score (nSPS) is 28.5. The molecule has 2 aliphatic carbocycles. The highest BCUT2D eigenvalue weighted by Crippen LogP contribution is 2.66. The number of likely N-dealkylation sites (tertiary alicyclic amines) is 1. The monoisotopic (exact) mass is 628 g/mol. The van der Waals surface area contributed by atoms with Crippen molar-refractivity contribution in [1.29, 1.82) is 0 Å². The van der Waals surface area contributed by atoms with Crippen LogP contribution in [0.2, 0.25) is 0 Å². The summed E-state index contributed by atoms with van der Waals surface area (Å²) in [6.45, 7) is 7.76. The van der Waals surface area contributed by atoms with E-state index in [0.717, 1.165) is 49.2 Å². The molecule has 2 bridgehead atoms. The number of nitrogens with zero attached hydrogens (tertiary/aromatic N) is 2. The molecule has 7 nitrogen and oxygen atoms in total. The third kappa shape index (κ3) is 5.00. The summed E-state index contributed by atoms with van der Waals surface area (Å²) < 4.78 is 44.0. The fourth-order valence-electron chi connectivity index (χ4n) is 9.17. The lowest BCUT2D eigenvalue weighted by molar-refractivity contribution is -0.221. The van der Waals surface area contributed by atoms with Gasteiger partial charge in [-0.15, -0.1) is 0 Å². The van der Waals surface area contributed by atoms with Gasteiger partial charge in [-0.2, -0.15) is 4.31 Å². The SMILES string of the molecule is CC(=O)O[C@@]12CCC(N(CC(C)C)S(=O)(=O)Cc3ccccc3)C3Oc4cccc5c4[C@@]31CCN(CCc1ccccc1)[C@@H]2C5. The van der Waals surface area contributed by atoms with Gasteiger partial charge in [0.15, 0.2) is 0 Å². The van der Waals surface area contributed by atoms with Crippen LogP contribution in [0.3, 0.4) is 0 Å². The Morgan fingerprint density at radius 1 is 1.00 bits per heavy atom. The van der Waals surface area contributed by atoms with Crippen LogP contribution in [0.25, 0.3) is 0 Å². The van der Waals surface area contributed by atoms with E-state index in [1.165, 1.54) is 18.1 Å². The maximum absolute atomic E-state index is 14.3. The maximum Gasteiger partial charge on any atom is 0.303 e. The van der Waals surface area contributed by atoms with Gasteiger partial charge < -0.3 is 9.47 Å². The van der Waals surface area contributed by atoms with Crippen LogP contribution < -0.4 is 4.74 Å². The predicted molar refractivity (Wildman–Crippen MR) is 174 cm³/mol. The summed E-state index contributed by atoms with van der Waals surface area (Å²) in [7, 11) is -3.69. The smallest absolute Gasteiger partial charge is 0.303 e. The fourth-order valence-corrected chi connectivity index (χ4v) is 11.1. The minimum absolute atomic E-state index is 0.0220. The van der Waals surface area contributed by atoms with E-state index >= 15 is 0 Å². The molecule has 7 rings (SSSR count). The summed E-state index contributed by atoms with van der Waals surface area (Å²) in [5.41, 5.74) is 3.01. The van der Waals surface area contributed by atoms with E-state index in [4.69, 9.17) is 9.47 Å². The molecule has 3 aromatic carbocycles. The summed E-state index contributed by atoms with van der Waals surface area (Å²) in [6, 6.07) is 25.8. The molecule has 2 fully saturated rings. The molecule has 1 saturated heterocycles. The summed E-state index contributed by atoms with van der Waals surface area (Å²) in [6.07, 6.45) is 3.13. The Kier molecular flexibility index (Phi) is 7.82. The largest absolute Gasteiger partial charge is 0.487 e. The molecule has 2 aliphatic heterocycles. The van der Waals surface area contributed by atoms with Crippen LogP contribution in [0, 0.1) is 5.92 Å². The third-order valence-corrected chi connectivity index (χ3v) is 12.6. The minimum Gasteiger partial charge on any atom is -0.487 e. The molecule has 45 heavy (non-hydrogen) atoms. The Hall–Kier alpha value is -3.20. The molecule has 2 heterocycles. The van der Waals surface area contributed by atoms with E-state index in [-0.39, 0.29) is 29.7 Å². The highest BCUT2D eigenvalue weighted by Gasteiger charge is 2.75. The van der Waals surface area contributed by atoms with Crippen molar-refractivity contribution >= 4 is 16.0 Å². The molecule has 1 saturated carbocycles. The molecule has 1 spiro atoms. The first-order chi connectivity index (χ1) is 21.6. The van der Waals surface area contributed by atoms with Crippen molar-refractivity contribution in [2.45, 2.75) is 87.8 Å². The first-order valence-electron chi connectivity index (χ1n) is 16.4. The lowest BCUT2D eigenvalue weighted by atomic mass is 9.48. The second-order valence-corrected chi connectivity index (χ2v) is 15.8. The number of esters is 1. The average Bonchev–Trinajstić information content (AvgIpc) is 3.35. The molecule has 0 N–H and O–H groups in total. The molecule has 5 atom stereocenters. The average molecular weight is 629 g/mol. The van der Waals surface area contributed by atoms with Gasteiger partial charge in [0.1, 0.15) is 17.5 Å². The standard InChI is InChI=1S/C37H44N2O5S/c1-26(2)24-39(45(41,42)25-29-13-8-5-9-14-29)31-17-19-37(44-27(3)40)33-23-30-15-10-16-32-34(30)36(37,35(31)43-32)20-22-38(33)21-18-28-11-6-4-7-12-28/h4-16,26,31,33,35H,17-25H2,1-3H3/t31?,33-,35?,36+,37-/m1/s1. The second kappa shape index (κ2) is 11.6. The highest BCUT2D eigenvalue weighted by molar-refractivity contribution is 7.88. The van der Waals surface area contributed by atoms with Gasteiger partial charge in [0, 0.05) is 25.6 Å². The van der Waals surface area contributed by atoms with Crippen LogP contribution in [-0.4, -0.2) is 67.0 Å². The van der Waals surface area contributed by atoms with E-state index < -0.39 is 27.1 Å². The van der Waals surface area contributed by atoms with Crippen molar-refractivity contribution < 1.29 is 22.7 Å². The molecule has 8 heteroatoms. The van der Waals surface area contributed by atoms with E-state index in [2.05, 4.69) is 55.1 Å². The molecule has 0 aromatic heterocycles. The van der Waals surface area contributed by atoms with Crippen molar-refractivity contribution in [2.75, 3.05) is 19.6 Å². The van der Waals surface area contributed by atoms with Crippen LogP contribution in [0.4, 0.5) is 0 Å². The topological polar surface area (TPSA) is 76.1 Å². The van der Waals surface area contributed by atoms with Crippen LogP contribution in [0.1, 0.15) is 62.3 Å². The van der Waals surface area contributed by atoms with E-state index in [1.54, 1.807) is 4.31 Å². The third-order valence-electron chi connectivity index (χ3n) is 10.7. The van der Waals surface area contributed by atoms with Gasteiger partial charge in [0.2, 0.25) is 10.0 Å². The predicted octanol–water partition coefficient (Wildman–Crippen LogP) is 5.51. The van der Waals surface area contributed by atoms with Crippen molar-refractivity contribution in [3.05, 3.63) is 101 Å². The van der Waals surface area contributed by atoms with Gasteiger partial charge in [0.05, 0.1) is 23.3 Å². The Bertz CT molecular complexity index is 1660. The van der Waals surface area contributed by atoms with Crippen molar-refractivity contribution in [3.63, 3.8) is 0 Å². The zero-order valence-corrected chi connectivity index (χ0v) is 27.3. The number of piperidine rings is 1. The number of carbonyl (C=O) groups is 1. The first-order valence-corrected chi connectivity index (χ1v) is 18.1. The van der Waals surface area contributed by atoms with Crippen LogP contribution >= 0.6 is 0 Å². The molecule has 4 aliphatic rings. The number of benzene rings is 3. The van der Waals surface area contributed by atoms with E-state index in [9.17, 15) is 13.2 Å². The maximum atomic E-state index is 14.3. The second-order valence-electron chi connectivity index (χ2n) is 13.8. The Labute approximate surface area is 267 Å². The fraction of sp³-hybridized carbons (Fsp3) is 0.486. The van der Waals surface area contributed by atoms with Gasteiger partial charge in [-0.1, -0.05) is 86.6 Å². The van der Waals surface area contributed by atoms with Crippen molar-refractivity contribution in [3.8, 4) is 5.75 Å². The van der Waals surface area contributed by atoms with Crippen molar-refractivity contribution in [1.82, 2.24) is 9.21 Å². The van der Waals surface area contributed by atoms with Gasteiger partial charge in [-0.3, -0.25) is 9.69 Å². The number of ether oxygens (including phenoxy) is 2. The number of hydrogen-bond donors (Lipinski definition) is 0. The first kappa shape index (κ1) is 30.5. The van der Waals surface area contributed by atoms with Gasteiger partial charge in [-0.25, -0.2) is 8.42 Å². The molecule has 0 amide bonds. The molecule has 238 valence electrons. The number of carbonyl (C=O) groups excluding carboxylic acids is 1. The number of sulfonamides is 1. The molecule has 2 unspecified atom stereocenters. The molecule has 0 radical (unpaired) electrons. The Balaban J connectivity index is 1.31. The minimum atomic E-state index is -3.69. The van der Waals surface area contributed by atoms with Gasteiger partial charge in [-0.05, 0) is 67.3 Å². The molecular weight excluding hydrogens is 584 g/mol. The summed E-state index contributed by atoms with van der Waals surface area (Å²) in [5, 5.41) is 0. The van der Waals surface area contributed by atoms with Gasteiger partial charge in [0.25, 0.3) is 0 Å².